The van der Waals surface area contributed by atoms with Crippen molar-refractivity contribution in [2.75, 3.05) is 13.2 Å². The number of hydrogen-bond acceptors (Lipinski definition) is 9. The van der Waals surface area contributed by atoms with E-state index >= 15 is 0 Å². The van der Waals surface area contributed by atoms with Gasteiger partial charge in [-0.3, -0.25) is 0 Å². The Morgan fingerprint density at radius 2 is 1.31 bits per heavy atom. The van der Waals surface area contributed by atoms with E-state index in [4.69, 9.17) is 55.9 Å². The standard InChI is InChI=1S/C10H8Cl2N2OS.C9H6Cl2N2O2S/c1-3-15-5(2)8-9-6(4-7(11)16-9)13-10(12)14-8;1-2-15-8(14)6-7-4(3-5(10)16-7)12-9(11)13-6/h4H,2-3H2,1H3;3H,2H2,1H3. The number of fused-ring (bicyclic) bond motifs is 2. The van der Waals surface area contributed by atoms with E-state index in [1.54, 1.807) is 19.1 Å². The van der Waals surface area contributed by atoms with Crippen molar-refractivity contribution in [3.8, 4) is 0 Å². The molecular weight excluding hydrogens is 538 g/mol. The second kappa shape index (κ2) is 10.9. The summed E-state index contributed by atoms with van der Waals surface area (Å²) in [6.45, 7) is 8.22. The number of rotatable bonds is 5. The number of ether oxygens (including phenoxy) is 2. The summed E-state index contributed by atoms with van der Waals surface area (Å²) in [7, 11) is 0. The number of esters is 1. The highest BCUT2D eigenvalue weighted by Crippen LogP contribution is 2.34. The SMILES string of the molecule is C=C(OCC)c1nc(Cl)nc2cc(Cl)sc12.CCOC(=O)c1nc(Cl)nc2cc(Cl)sc12. The first-order valence-corrected chi connectivity index (χ1v) is 12.1. The van der Waals surface area contributed by atoms with Gasteiger partial charge in [-0.2, -0.15) is 0 Å². The number of carbonyl (C=O) groups excluding carboxylic acids is 1. The lowest BCUT2D eigenvalue weighted by molar-refractivity contribution is 0.0522. The first kappa shape index (κ1) is 24.9. The van der Waals surface area contributed by atoms with E-state index < -0.39 is 5.97 Å². The van der Waals surface area contributed by atoms with Crippen molar-refractivity contribution in [3.05, 3.63) is 49.3 Å². The molecule has 0 fully saturated rings. The molecule has 0 radical (unpaired) electrons. The number of thiophene rings is 2. The van der Waals surface area contributed by atoms with Gasteiger partial charge in [0.15, 0.2) is 5.69 Å². The fourth-order valence-electron chi connectivity index (χ4n) is 2.51. The Morgan fingerprint density at radius 1 is 0.844 bits per heavy atom. The predicted octanol–water partition coefficient (Wildman–Crippen LogP) is 7.18. The van der Waals surface area contributed by atoms with Crippen molar-refractivity contribution < 1.29 is 14.3 Å². The van der Waals surface area contributed by atoms with Gasteiger partial charge < -0.3 is 9.47 Å². The molecule has 0 aliphatic heterocycles. The highest BCUT2D eigenvalue weighted by molar-refractivity contribution is 7.23. The first-order chi connectivity index (χ1) is 15.2. The number of nitrogens with zero attached hydrogens (tertiary/aromatic N) is 4. The number of hydrogen-bond donors (Lipinski definition) is 0. The van der Waals surface area contributed by atoms with Gasteiger partial charge in [0.25, 0.3) is 0 Å². The molecule has 32 heavy (non-hydrogen) atoms. The Balaban J connectivity index is 0.000000181. The number of carbonyl (C=O) groups is 1. The van der Waals surface area contributed by atoms with Gasteiger partial charge in [-0.05, 0) is 49.2 Å². The van der Waals surface area contributed by atoms with Crippen LogP contribution in [0.5, 0.6) is 0 Å². The van der Waals surface area contributed by atoms with Crippen molar-refractivity contribution in [3.63, 3.8) is 0 Å². The van der Waals surface area contributed by atoms with Gasteiger partial charge in [0.1, 0.15) is 11.5 Å². The molecule has 0 unspecified atom stereocenters. The molecule has 4 heterocycles. The van der Waals surface area contributed by atoms with Crippen LogP contribution in [0.15, 0.2) is 18.7 Å². The fraction of sp³-hybridized carbons (Fsp3) is 0.211. The quantitative estimate of drug-likeness (QED) is 0.147. The predicted molar refractivity (Wildman–Crippen MR) is 131 cm³/mol. The Bertz CT molecular complexity index is 1210. The zero-order valence-corrected chi connectivity index (χ0v) is 21.3. The first-order valence-electron chi connectivity index (χ1n) is 8.97. The lowest BCUT2D eigenvalue weighted by atomic mass is 10.3. The Labute approximate surface area is 210 Å². The normalized spacial score (nSPS) is 10.7. The van der Waals surface area contributed by atoms with Gasteiger partial charge in [0.2, 0.25) is 10.6 Å². The Morgan fingerprint density at radius 3 is 1.81 bits per heavy atom. The van der Waals surface area contributed by atoms with E-state index in [1.807, 2.05) is 6.92 Å². The lowest BCUT2D eigenvalue weighted by Crippen LogP contribution is -2.07. The van der Waals surface area contributed by atoms with Crippen molar-refractivity contribution in [1.29, 1.82) is 0 Å². The minimum absolute atomic E-state index is 0.00465. The van der Waals surface area contributed by atoms with Crippen LogP contribution in [0.25, 0.3) is 26.2 Å². The number of aromatic nitrogens is 4. The van der Waals surface area contributed by atoms with Crippen LogP contribution in [0.3, 0.4) is 0 Å². The molecule has 0 saturated heterocycles. The summed E-state index contributed by atoms with van der Waals surface area (Å²) in [6, 6.07) is 3.38. The molecule has 0 N–H and O–H groups in total. The molecule has 0 atom stereocenters. The van der Waals surface area contributed by atoms with Crippen molar-refractivity contribution in [2.45, 2.75) is 13.8 Å². The van der Waals surface area contributed by atoms with E-state index in [-0.39, 0.29) is 22.9 Å². The molecule has 0 aliphatic carbocycles. The second-order valence-corrected chi connectivity index (χ2v) is 9.83. The maximum absolute atomic E-state index is 11.6. The highest BCUT2D eigenvalue weighted by Gasteiger charge is 2.18. The maximum Gasteiger partial charge on any atom is 0.358 e. The van der Waals surface area contributed by atoms with Gasteiger partial charge in [-0.15, -0.1) is 22.7 Å². The monoisotopic (exact) mass is 550 g/mol. The Hall–Kier alpha value is -1.75. The lowest BCUT2D eigenvalue weighted by Gasteiger charge is -2.06. The molecule has 0 bridgehead atoms. The molecule has 4 aromatic heterocycles. The highest BCUT2D eigenvalue weighted by atomic mass is 35.5. The van der Waals surface area contributed by atoms with Crippen LogP contribution >= 0.6 is 69.1 Å². The van der Waals surface area contributed by atoms with Crippen molar-refractivity contribution in [2.24, 2.45) is 0 Å². The summed E-state index contributed by atoms with van der Waals surface area (Å²) in [5, 5.41) is 0.169. The molecule has 0 aromatic carbocycles. The van der Waals surface area contributed by atoms with Crippen molar-refractivity contribution in [1.82, 2.24) is 19.9 Å². The van der Waals surface area contributed by atoms with Crippen LogP contribution in [0.4, 0.5) is 0 Å². The van der Waals surface area contributed by atoms with Gasteiger partial charge >= 0.3 is 5.97 Å². The molecule has 4 aromatic rings. The second-order valence-electron chi connectivity index (χ2n) is 5.79. The zero-order chi connectivity index (χ0) is 23.4. The van der Waals surface area contributed by atoms with Crippen LogP contribution in [0.2, 0.25) is 19.2 Å². The van der Waals surface area contributed by atoms with E-state index in [2.05, 4.69) is 26.5 Å². The largest absolute Gasteiger partial charge is 0.492 e. The van der Waals surface area contributed by atoms with Crippen molar-refractivity contribution >= 4 is 101 Å². The molecule has 0 aliphatic rings. The van der Waals surface area contributed by atoms with E-state index in [0.29, 0.717) is 42.5 Å². The van der Waals surface area contributed by atoms with Gasteiger partial charge in [-0.1, -0.05) is 29.8 Å². The average molecular weight is 552 g/mol. The van der Waals surface area contributed by atoms with Gasteiger partial charge in [-0.25, -0.2) is 24.7 Å². The zero-order valence-electron chi connectivity index (χ0n) is 16.6. The molecule has 0 amide bonds. The molecule has 4 rings (SSSR count). The molecule has 0 spiro atoms. The molecule has 13 heteroatoms. The minimum Gasteiger partial charge on any atom is -0.492 e. The molecule has 7 nitrogen and oxygen atoms in total. The summed E-state index contributed by atoms with van der Waals surface area (Å²) in [5.74, 6) is -0.0365. The van der Waals surface area contributed by atoms with Crippen LogP contribution in [-0.4, -0.2) is 39.1 Å². The summed E-state index contributed by atoms with van der Waals surface area (Å²) < 4.78 is 12.8. The third kappa shape index (κ3) is 5.78. The minimum atomic E-state index is -0.518. The van der Waals surface area contributed by atoms with Crippen LogP contribution in [-0.2, 0) is 9.47 Å². The molecule has 168 valence electrons. The van der Waals surface area contributed by atoms with E-state index in [1.165, 1.54) is 22.7 Å². The van der Waals surface area contributed by atoms with E-state index in [0.717, 1.165) is 4.70 Å². The number of halogens is 4. The van der Waals surface area contributed by atoms with E-state index in [9.17, 15) is 4.79 Å². The third-order valence-electron chi connectivity index (χ3n) is 3.68. The summed E-state index contributed by atoms with van der Waals surface area (Å²) in [6.07, 6.45) is 0. The van der Waals surface area contributed by atoms with Crippen LogP contribution in [0.1, 0.15) is 30.0 Å². The van der Waals surface area contributed by atoms with Crippen LogP contribution < -0.4 is 0 Å². The maximum atomic E-state index is 11.6. The fourth-order valence-corrected chi connectivity index (χ4v) is 5.17. The summed E-state index contributed by atoms with van der Waals surface area (Å²) in [4.78, 5) is 27.6. The van der Waals surface area contributed by atoms with Crippen LogP contribution in [0, 0.1) is 0 Å². The summed E-state index contributed by atoms with van der Waals surface area (Å²) in [5.41, 5.74) is 2.03. The molecular formula is C19H14Cl4N4O3S2. The molecule has 0 saturated carbocycles. The topological polar surface area (TPSA) is 87.1 Å². The average Bonchev–Trinajstić information content (AvgIpc) is 3.28. The van der Waals surface area contributed by atoms with Gasteiger partial charge in [0.05, 0.1) is 42.3 Å². The summed E-state index contributed by atoms with van der Waals surface area (Å²) >= 11 is 25.9. The van der Waals surface area contributed by atoms with Gasteiger partial charge in [0, 0.05) is 0 Å². The third-order valence-corrected chi connectivity index (χ3v) is 6.54. The smallest absolute Gasteiger partial charge is 0.358 e. The Kier molecular flexibility index (Phi) is 8.49.